The van der Waals surface area contributed by atoms with Crippen molar-refractivity contribution in [1.29, 1.82) is 0 Å². The molecule has 2 aromatic carbocycles. The van der Waals surface area contributed by atoms with Gasteiger partial charge in [-0.1, -0.05) is 11.3 Å². The molecule has 154 valence electrons. The lowest BCUT2D eigenvalue weighted by Gasteiger charge is -2.08. The van der Waals surface area contributed by atoms with E-state index in [1.54, 1.807) is 12.1 Å². The van der Waals surface area contributed by atoms with E-state index in [-0.39, 0.29) is 18.1 Å². The van der Waals surface area contributed by atoms with E-state index in [1.807, 2.05) is 17.5 Å². The van der Waals surface area contributed by atoms with Crippen LogP contribution in [0.5, 0.6) is 5.75 Å². The number of ether oxygens (including phenoxy) is 1. The molecule has 0 saturated heterocycles. The number of aryl methyl sites for hydroxylation is 1. The summed E-state index contributed by atoms with van der Waals surface area (Å²) in [6.45, 7) is 1.78. The molecule has 4 rings (SSSR count). The van der Waals surface area contributed by atoms with Gasteiger partial charge in [0.25, 0.3) is 5.91 Å². The molecule has 0 aliphatic carbocycles. The maximum Gasteiger partial charge on any atom is 0.258 e. The summed E-state index contributed by atoms with van der Waals surface area (Å²) in [7, 11) is 0. The van der Waals surface area contributed by atoms with Gasteiger partial charge in [-0.05, 0) is 43.3 Å². The second-order valence-electron chi connectivity index (χ2n) is 6.54. The summed E-state index contributed by atoms with van der Waals surface area (Å²) >= 11 is 1.42. The summed E-state index contributed by atoms with van der Waals surface area (Å²) in [5.74, 6) is -2.51. The lowest BCUT2D eigenvalue weighted by Crippen LogP contribution is -2.28. The van der Waals surface area contributed by atoms with Gasteiger partial charge in [0.05, 0.1) is 12.2 Å². The van der Waals surface area contributed by atoms with Crippen LogP contribution in [0.4, 0.5) is 13.2 Å². The summed E-state index contributed by atoms with van der Waals surface area (Å²) in [5, 5.41) is 2.71. The van der Waals surface area contributed by atoms with Crippen molar-refractivity contribution >= 4 is 22.2 Å². The Balaban J connectivity index is 1.39. The highest BCUT2D eigenvalue weighted by Crippen LogP contribution is 2.27. The fourth-order valence-corrected chi connectivity index (χ4v) is 3.93. The highest BCUT2D eigenvalue weighted by atomic mass is 32.1. The molecule has 1 N–H and O–H groups in total. The number of hydrogen-bond donors (Lipinski definition) is 1. The molecule has 2 heterocycles. The van der Waals surface area contributed by atoms with Crippen molar-refractivity contribution in [3.8, 4) is 17.0 Å². The zero-order valence-corrected chi connectivity index (χ0v) is 16.6. The van der Waals surface area contributed by atoms with Crippen molar-refractivity contribution in [3.05, 3.63) is 76.7 Å². The number of carbonyl (C=O) groups is 1. The molecular formula is C21H16F3N3O2S. The normalized spacial score (nSPS) is 11.1. The zero-order valence-electron chi connectivity index (χ0n) is 15.8. The molecule has 4 aromatic rings. The minimum Gasteiger partial charge on any atom is -0.481 e. The van der Waals surface area contributed by atoms with Gasteiger partial charge >= 0.3 is 0 Å². The summed E-state index contributed by atoms with van der Waals surface area (Å²) in [4.78, 5) is 18.2. The second-order valence-corrected chi connectivity index (χ2v) is 7.60. The number of carbonyl (C=O) groups excluding carboxylic acids is 1. The predicted molar refractivity (Wildman–Crippen MR) is 107 cm³/mol. The summed E-state index contributed by atoms with van der Waals surface area (Å²) in [6, 6.07) is 8.99. The highest BCUT2D eigenvalue weighted by Gasteiger charge is 2.14. The molecular weight excluding hydrogens is 415 g/mol. The summed E-state index contributed by atoms with van der Waals surface area (Å²) < 4.78 is 46.5. The van der Waals surface area contributed by atoms with Crippen molar-refractivity contribution in [1.82, 2.24) is 14.7 Å². The zero-order chi connectivity index (χ0) is 21.3. The molecule has 0 aliphatic heterocycles. The van der Waals surface area contributed by atoms with Crippen molar-refractivity contribution < 1.29 is 22.7 Å². The fraction of sp³-hybridized carbons (Fsp3) is 0.143. The van der Waals surface area contributed by atoms with E-state index in [0.717, 1.165) is 38.9 Å². The fourth-order valence-electron chi connectivity index (χ4n) is 2.88. The largest absolute Gasteiger partial charge is 0.481 e. The van der Waals surface area contributed by atoms with Crippen LogP contribution in [0.1, 0.15) is 10.6 Å². The lowest BCUT2D eigenvalue weighted by molar-refractivity contribution is -0.123. The number of hydrogen-bond acceptors (Lipinski definition) is 4. The number of nitrogens with one attached hydrogen (secondary N) is 1. The van der Waals surface area contributed by atoms with E-state index in [9.17, 15) is 18.0 Å². The van der Waals surface area contributed by atoms with Crippen molar-refractivity contribution in [2.24, 2.45) is 0 Å². The molecule has 0 unspecified atom stereocenters. The lowest BCUT2D eigenvalue weighted by atomic mass is 10.2. The van der Waals surface area contributed by atoms with Crippen LogP contribution < -0.4 is 10.1 Å². The number of thiazole rings is 1. The molecule has 2 aromatic heterocycles. The van der Waals surface area contributed by atoms with Crippen LogP contribution in [0.2, 0.25) is 0 Å². The molecule has 9 heteroatoms. The number of nitrogens with zero attached hydrogens (tertiary/aromatic N) is 2. The molecule has 5 nitrogen and oxygen atoms in total. The van der Waals surface area contributed by atoms with E-state index in [4.69, 9.17) is 4.74 Å². The second kappa shape index (κ2) is 8.19. The first-order valence-corrected chi connectivity index (χ1v) is 9.80. The Morgan fingerprint density at radius 3 is 2.57 bits per heavy atom. The number of rotatable bonds is 6. The average molecular weight is 431 g/mol. The van der Waals surface area contributed by atoms with Gasteiger partial charge in [0, 0.05) is 28.4 Å². The first kappa shape index (κ1) is 20.0. The summed E-state index contributed by atoms with van der Waals surface area (Å²) in [5.41, 5.74) is 2.46. The Morgan fingerprint density at radius 2 is 1.87 bits per heavy atom. The van der Waals surface area contributed by atoms with E-state index in [2.05, 4.69) is 10.3 Å². The Bertz CT molecular complexity index is 1220. The van der Waals surface area contributed by atoms with E-state index < -0.39 is 24.1 Å². The average Bonchev–Trinajstić information content (AvgIpc) is 3.25. The number of imidazole rings is 1. The molecule has 0 saturated carbocycles. The third-order valence-electron chi connectivity index (χ3n) is 4.49. The van der Waals surface area contributed by atoms with E-state index >= 15 is 0 Å². The Kier molecular flexibility index (Phi) is 5.45. The molecule has 1 amide bonds. The Hall–Kier alpha value is -3.33. The maximum atomic E-state index is 13.5. The smallest absolute Gasteiger partial charge is 0.258 e. The van der Waals surface area contributed by atoms with Gasteiger partial charge in [0.15, 0.2) is 23.1 Å². The molecule has 0 atom stereocenters. The molecule has 0 aliphatic rings. The SMILES string of the molecule is Cc1c(CNC(=O)COc2ccc(F)cc2F)sc2nc(-c3ccc(F)cc3)cn12. The first-order valence-electron chi connectivity index (χ1n) is 8.98. The minimum atomic E-state index is -0.866. The van der Waals surface area contributed by atoms with Gasteiger partial charge in [0.1, 0.15) is 11.6 Å². The maximum absolute atomic E-state index is 13.5. The van der Waals surface area contributed by atoms with E-state index in [0.29, 0.717) is 6.07 Å². The number of halogens is 3. The van der Waals surface area contributed by atoms with Crippen LogP contribution in [0.25, 0.3) is 16.2 Å². The topological polar surface area (TPSA) is 55.6 Å². The molecule has 30 heavy (non-hydrogen) atoms. The third-order valence-corrected chi connectivity index (χ3v) is 5.65. The van der Waals surface area contributed by atoms with Gasteiger partial charge in [0.2, 0.25) is 0 Å². The van der Waals surface area contributed by atoms with Crippen LogP contribution in [-0.4, -0.2) is 21.9 Å². The molecule has 0 fully saturated rings. The Labute approximate surface area is 173 Å². The molecule has 0 bridgehead atoms. The van der Waals surface area contributed by atoms with Gasteiger partial charge < -0.3 is 10.1 Å². The monoisotopic (exact) mass is 431 g/mol. The van der Waals surface area contributed by atoms with Gasteiger partial charge in [-0.3, -0.25) is 9.20 Å². The number of benzene rings is 2. The van der Waals surface area contributed by atoms with Crippen molar-refractivity contribution in [2.75, 3.05) is 6.61 Å². The van der Waals surface area contributed by atoms with Gasteiger partial charge in [-0.2, -0.15) is 0 Å². The van der Waals surface area contributed by atoms with Gasteiger partial charge in [-0.25, -0.2) is 18.2 Å². The molecule has 0 spiro atoms. The number of aromatic nitrogens is 2. The van der Waals surface area contributed by atoms with Crippen LogP contribution >= 0.6 is 11.3 Å². The third kappa shape index (κ3) is 4.16. The first-order chi connectivity index (χ1) is 14.4. The molecule has 0 radical (unpaired) electrons. The quantitative estimate of drug-likeness (QED) is 0.490. The number of amides is 1. The van der Waals surface area contributed by atoms with Crippen LogP contribution in [0.3, 0.4) is 0 Å². The number of fused-ring (bicyclic) bond motifs is 1. The minimum absolute atomic E-state index is 0.189. The van der Waals surface area contributed by atoms with E-state index in [1.165, 1.54) is 23.5 Å². The van der Waals surface area contributed by atoms with Crippen molar-refractivity contribution in [2.45, 2.75) is 13.5 Å². The standard InChI is InChI=1S/C21H16F3N3O2S/c1-12-19(9-25-20(28)11-29-18-7-6-15(23)8-16(18)24)30-21-26-17(10-27(12)21)13-2-4-14(22)5-3-13/h2-8,10H,9,11H2,1H3,(H,25,28). The summed E-state index contributed by atoms with van der Waals surface area (Å²) in [6.07, 6.45) is 1.86. The van der Waals surface area contributed by atoms with Crippen LogP contribution in [0.15, 0.2) is 48.7 Å². The Morgan fingerprint density at radius 1 is 1.13 bits per heavy atom. The highest BCUT2D eigenvalue weighted by molar-refractivity contribution is 7.17. The van der Waals surface area contributed by atoms with Crippen LogP contribution in [0, 0.1) is 24.4 Å². The van der Waals surface area contributed by atoms with Crippen LogP contribution in [-0.2, 0) is 11.3 Å². The van der Waals surface area contributed by atoms with Crippen molar-refractivity contribution in [3.63, 3.8) is 0 Å². The predicted octanol–water partition coefficient (Wildman–Crippen LogP) is 4.48. The van der Waals surface area contributed by atoms with Gasteiger partial charge in [-0.15, -0.1) is 0 Å².